The van der Waals surface area contributed by atoms with Gasteiger partial charge < -0.3 is 0 Å². The van der Waals surface area contributed by atoms with Crippen molar-refractivity contribution in [1.82, 2.24) is 0 Å². The zero-order valence-electron chi connectivity index (χ0n) is 12.8. The van der Waals surface area contributed by atoms with Crippen LogP contribution in [0.3, 0.4) is 0 Å². The molecule has 0 spiro atoms. The van der Waals surface area contributed by atoms with E-state index in [1.54, 1.807) is 16.7 Å². The van der Waals surface area contributed by atoms with Crippen LogP contribution in [0.1, 0.15) is 87.1 Å². The highest BCUT2D eigenvalue weighted by atomic mass is 14.2. The summed E-state index contributed by atoms with van der Waals surface area (Å²) in [5.74, 6) is 1.85. The van der Waals surface area contributed by atoms with Gasteiger partial charge in [0.15, 0.2) is 0 Å². The van der Waals surface area contributed by atoms with E-state index in [2.05, 4.69) is 61.5 Å². The Morgan fingerprint density at radius 3 is 1.12 bits per heavy atom. The Morgan fingerprint density at radius 2 is 0.882 bits per heavy atom. The lowest BCUT2D eigenvalue weighted by Gasteiger charge is -2.26. The SMILES string of the molecule is Cc1cc(C)c(C(C)C)c(C(C)C)c1C(C)C. The summed E-state index contributed by atoms with van der Waals surface area (Å²) in [6, 6.07) is 2.37. The smallest absolute Gasteiger partial charge is 0.0213 e. The van der Waals surface area contributed by atoms with Gasteiger partial charge in [-0.3, -0.25) is 0 Å². The van der Waals surface area contributed by atoms with E-state index in [4.69, 9.17) is 0 Å². The van der Waals surface area contributed by atoms with E-state index in [-0.39, 0.29) is 0 Å². The van der Waals surface area contributed by atoms with Crippen LogP contribution in [0, 0.1) is 13.8 Å². The van der Waals surface area contributed by atoms with Crippen LogP contribution >= 0.6 is 0 Å². The normalized spacial score (nSPS) is 11.9. The molecule has 0 heteroatoms. The van der Waals surface area contributed by atoms with E-state index in [1.807, 2.05) is 0 Å². The van der Waals surface area contributed by atoms with Crippen LogP contribution in [0.5, 0.6) is 0 Å². The predicted molar refractivity (Wildman–Crippen MR) is 78.2 cm³/mol. The highest BCUT2D eigenvalue weighted by Crippen LogP contribution is 2.37. The molecule has 17 heavy (non-hydrogen) atoms. The van der Waals surface area contributed by atoms with Crippen molar-refractivity contribution < 1.29 is 0 Å². The molecular weight excluding hydrogens is 204 g/mol. The van der Waals surface area contributed by atoms with Gasteiger partial charge in [-0.25, -0.2) is 0 Å². The molecule has 0 nitrogen and oxygen atoms in total. The predicted octanol–water partition coefficient (Wildman–Crippen LogP) is 5.67. The number of rotatable bonds is 3. The summed E-state index contributed by atoms with van der Waals surface area (Å²) < 4.78 is 0. The Balaban J connectivity index is 3.65. The Morgan fingerprint density at radius 1 is 0.588 bits per heavy atom. The van der Waals surface area contributed by atoms with Gasteiger partial charge in [0.1, 0.15) is 0 Å². The molecule has 0 heterocycles. The van der Waals surface area contributed by atoms with E-state index in [1.165, 1.54) is 11.1 Å². The van der Waals surface area contributed by atoms with Crippen molar-refractivity contribution >= 4 is 0 Å². The molecule has 1 rings (SSSR count). The van der Waals surface area contributed by atoms with Gasteiger partial charge in [0.25, 0.3) is 0 Å². The minimum absolute atomic E-state index is 0.614. The topological polar surface area (TPSA) is 0 Å². The molecule has 0 aliphatic carbocycles. The molecule has 0 saturated carbocycles. The molecule has 0 aliphatic heterocycles. The first-order valence-corrected chi connectivity index (χ1v) is 6.91. The number of hydrogen-bond acceptors (Lipinski definition) is 0. The van der Waals surface area contributed by atoms with Crippen molar-refractivity contribution in [2.75, 3.05) is 0 Å². The molecule has 0 unspecified atom stereocenters. The largest absolute Gasteiger partial charge is 0.0587 e. The molecule has 0 amide bonds. The minimum atomic E-state index is 0.614. The van der Waals surface area contributed by atoms with Crippen molar-refractivity contribution in [2.45, 2.75) is 73.1 Å². The van der Waals surface area contributed by atoms with Gasteiger partial charge in [-0.1, -0.05) is 47.6 Å². The molecule has 1 aromatic rings. The lowest BCUT2D eigenvalue weighted by molar-refractivity contribution is 0.738. The summed E-state index contributed by atoms with van der Waals surface area (Å²) >= 11 is 0. The van der Waals surface area contributed by atoms with E-state index in [0.29, 0.717) is 17.8 Å². The average molecular weight is 232 g/mol. The molecule has 0 atom stereocenters. The van der Waals surface area contributed by atoms with Gasteiger partial charge in [-0.2, -0.15) is 0 Å². The fourth-order valence-corrected chi connectivity index (χ4v) is 3.20. The fraction of sp³-hybridized carbons (Fsp3) is 0.647. The molecule has 1 aromatic carbocycles. The van der Waals surface area contributed by atoms with Gasteiger partial charge in [-0.05, 0) is 59.4 Å². The van der Waals surface area contributed by atoms with Crippen LogP contribution < -0.4 is 0 Å². The molecule has 0 saturated heterocycles. The quantitative estimate of drug-likeness (QED) is 0.629. The molecule has 0 N–H and O–H groups in total. The van der Waals surface area contributed by atoms with E-state index in [0.717, 1.165) is 0 Å². The number of benzene rings is 1. The van der Waals surface area contributed by atoms with Crippen molar-refractivity contribution in [3.8, 4) is 0 Å². The zero-order chi connectivity index (χ0) is 13.3. The lowest BCUT2D eigenvalue weighted by atomic mass is 9.79. The van der Waals surface area contributed by atoms with Crippen LogP contribution in [-0.2, 0) is 0 Å². The van der Waals surface area contributed by atoms with Gasteiger partial charge >= 0.3 is 0 Å². The minimum Gasteiger partial charge on any atom is -0.0587 e. The Kier molecular flexibility index (Phi) is 4.41. The summed E-state index contributed by atoms with van der Waals surface area (Å²) in [5, 5.41) is 0. The molecule has 0 aliphatic rings. The first-order valence-electron chi connectivity index (χ1n) is 6.91. The number of hydrogen-bond donors (Lipinski definition) is 0. The standard InChI is InChI=1S/C17H28/c1-10(2)15-13(7)9-14(8)16(11(3)4)17(15)12(5)6/h9-12H,1-8H3. The van der Waals surface area contributed by atoms with Crippen LogP contribution in [0.15, 0.2) is 6.07 Å². The molecule has 0 fully saturated rings. The van der Waals surface area contributed by atoms with Crippen molar-refractivity contribution in [3.63, 3.8) is 0 Å². The van der Waals surface area contributed by atoms with Crippen LogP contribution in [0.4, 0.5) is 0 Å². The highest BCUT2D eigenvalue weighted by molar-refractivity contribution is 5.49. The van der Waals surface area contributed by atoms with Gasteiger partial charge in [-0.15, -0.1) is 0 Å². The lowest BCUT2D eigenvalue weighted by Crippen LogP contribution is -2.09. The second-order valence-corrected chi connectivity index (χ2v) is 6.22. The van der Waals surface area contributed by atoms with Crippen molar-refractivity contribution in [3.05, 3.63) is 33.9 Å². The zero-order valence-corrected chi connectivity index (χ0v) is 12.8. The number of aryl methyl sites for hydroxylation is 2. The maximum atomic E-state index is 2.37. The maximum absolute atomic E-state index is 2.37. The fourth-order valence-electron chi connectivity index (χ4n) is 3.20. The van der Waals surface area contributed by atoms with Gasteiger partial charge in [0.05, 0.1) is 0 Å². The molecule has 96 valence electrons. The average Bonchev–Trinajstić information content (AvgIpc) is 2.14. The first-order chi connectivity index (χ1) is 7.77. The van der Waals surface area contributed by atoms with E-state index in [9.17, 15) is 0 Å². The summed E-state index contributed by atoms with van der Waals surface area (Å²) in [4.78, 5) is 0. The summed E-state index contributed by atoms with van der Waals surface area (Å²) in [6.45, 7) is 18.4. The van der Waals surface area contributed by atoms with Crippen LogP contribution in [0.25, 0.3) is 0 Å². The second-order valence-electron chi connectivity index (χ2n) is 6.22. The summed E-state index contributed by atoms with van der Waals surface area (Å²) in [5.41, 5.74) is 7.69. The van der Waals surface area contributed by atoms with E-state index < -0.39 is 0 Å². The molecule has 0 aromatic heterocycles. The third kappa shape index (κ3) is 2.73. The van der Waals surface area contributed by atoms with Gasteiger partial charge in [0.2, 0.25) is 0 Å². The van der Waals surface area contributed by atoms with Crippen molar-refractivity contribution in [1.29, 1.82) is 0 Å². The Hall–Kier alpha value is -0.780. The van der Waals surface area contributed by atoms with Gasteiger partial charge in [0, 0.05) is 0 Å². The molecular formula is C17H28. The highest BCUT2D eigenvalue weighted by Gasteiger charge is 2.20. The second kappa shape index (κ2) is 5.25. The van der Waals surface area contributed by atoms with Crippen molar-refractivity contribution in [2.24, 2.45) is 0 Å². The Bertz CT molecular complexity index is 363. The summed E-state index contributed by atoms with van der Waals surface area (Å²) in [6.07, 6.45) is 0. The molecule has 0 radical (unpaired) electrons. The molecule has 0 bridgehead atoms. The Labute approximate surface area is 107 Å². The third-order valence-electron chi connectivity index (χ3n) is 3.60. The first kappa shape index (κ1) is 14.3. The van der Waals surface area contributed by atoms with Crippen LogP contribution in [0.2, 0.25) is 0 Å². The van der Waals surface area contributed by atoms with E-state index >= 15 is 0 Å². The summed E-state index contributed by atoms with van der Waals surface area (Å²) in [7, 11) is 0. The monoisotopic (exact) mass is 232 g/mol. The third-order valence-corrected chi connectivity index (χ3v) is 3.60. The van der Waals surface area contributed by atoms with Crippen LogP contribution in [-0.4, -0.2) is 0 Å². The maximum Gasteiger partial charge on any atom is -0.0213 e.